The average molecular weight is 289 g/mol. The Balaban J connectivity index is 2.22. The molecule has 0 heterocycles. The predicted molar refractivity (Wildman–Crippen MR) is 73.8 cm³/mol. The first kappa shape index (κ1) is 14.7. The lowest BCUT2D eigenvalue weighted by molar-refractivity contribution is -0.137. The maximum Gasteiger partial charge on any atom is 0.416 e. The number of anilines is 1. The second-order valence-corrected chi connectivity index (χ2v) is 4.26. The molecule has 0 atom stereocenters. The highest BCUT2D eigenvalue weighted by atomic mass is 19.4. The van der Waals surface area contributed by atoms with Crippen LogP contribution in [0.5, 0.6) is 0 Å². The SMILES string of the molecule is C#Cc1cccc(C(=O)Nc2cccc(C(F)(F)F)c2)c1. The number of rotatable bonds is 2. The van der Waals surface area contributed by atoms with Crippen LogP contribution in [0.15, 0.2) is 48.5 Å². The Morgan fingerprint density at radius 1 is 1.10 bits per heavy atom. The molecule has 0 radical (unpaired) electrons. The summed E-state index contributed by atoms with van der Waals surface area (Å²) in [6.45, 7) is 0. The first-order valence-corrected chi connectivity index (χ1v) is 5.95. The fourth-order valence-corrected chi connectivity index (χ4v) is 1.73. The van der Waals surface area contributed by atoms with E-state index in [4.69, 9.17) is 6.42 Å². The van der Waals surface area contributed by atoms with Gasteiger partial charge in [-0.05, 0) is 36.4 Å². The van der Waals surface area contributed by atoms with Crippen LogP contribution in [-0.4, -0.2) is 5.91 Å². The van der Waals surface area contributed by atoms with E-state index >= 15 is 0 Å². The van der Waals surface area contributed by atoms with Gasteiger partial charge in [-0.1, -0.05) is 18.1 Å². The molecule has 0 bridgehead atoms. The van der Waals surface area contributed by atoms with Crippen LogP contribution < -0.4 is 5.32 Å². The van der Waals surface area contributed by atoms with Crippen LogP contribution in [0, 0.1) is 12.3 Å². The molecule has 2 nitrogen and oxygen atoms in total. The molecule has 2 aromatic carbocycles. The molecule has 106 valence electrons. The minimum absolute atomic E-state index is 0.0703. The fourth-order valence-electron chi connectivity index (χ4n) is 1.73. The molecule has 0 aliphatic carbocycles. The number of benzene rings is 2. The van der Waals surface area contributed by atoms with Crippen LogP contribution in [0.1, 0.15) is 21.5 Å². The molecular weight excluding hydrogens is 279 g/mol. The van der Waals surface area contributed by atoms with E-state index in [1.807, 2.05) is 0 Å². The van der Waals surface area contributed by atoms with Gasteiger partial charge in [0.05, 0.1) is 5.56 Å². The second-order valence-electron chi connectivity index (χ2n) is 4.26. The Bertz CT molecular complexity index is 714. The van der Waals surface area contributed by atoms with Crippen LogP contribution in [0.3, 0.4) is 0 Å². The van der Waals surface area contributed by atoms with Crippen molar-refractivity contribution in [1.29, 1.82) is 0 Å². The molecule has 0 aromatic heterocycles. The summed E-state index contributed by atoms with van der Waals surface area (Å²) >= 11 is 0. The van der Waals surface area contributed by atoms with Gasteiger partial charge in [-0.3, -0.25) is 4.79 Å². The number of hydrogen-bond donors (Lipinski definition) is 1. The van der Waals surface area contributed by atoms with Gasteiger partial charge < -0.3 is 5.32 Å². The Kier molecular flexibility index (Phi) is 3.99. The third-order valence-electron chi connectivity index (χ3n) is 2.74. The molecule has 1 N–H and O–H groups in total. The number of carbonyl (C=O) groups is 1. The summed E-state index contributed by atoms with van der Waals surface area (Å²) in [5.74, 6) is 1.86. The van der Waals surface area contributed by atoms with Crippen molar-refractivity contribution < 1.29 is 18.0 Å². The van der Waals surface area contributed by atoms with Gasteiger partial charge in [0.25, 0.3) is 5.91 Å². The highest BCUT2D eigenvalue weighted by Gasteiger charge is 2.30. The molecule has 0 saturated carbocycles. The molecule has 0 spiro atoms. The number of nitrogens with one attached hydrogen (secondary N) is 1. The average Bonchev–Trinajstić information content (AvgIpc) is 2.46. The molecule has 0 unspecified atom stereocenters. The predicted octanol–water partition coefficient (Wildman–Crippen LogP) is 3.94. The van der Waals surface area contributed by atoms with Crippen molar-refractivity contribution in [2.75, 3.05) is 5.32 Å². The van der Waals surface area contributed by atoms with Crippen LogP contribution in [0.25, 0.3) is 0 Å². The zero-order chi connectivity index (χ0) is 15.5. The van der Waals surface area contributed by atoms with Crippen molar-refractivity contribution >= 4 is 11.6 Å². The molecule has 2 aromatic rings. The van der Waals surface area contributed by atoms with Gasteiger partial charge in [-0.25, -0.2) is 0 Å². The van der Waals surface area contributed by atoms with Gasteiger partial charge in [-0.2, -0.15) is 13.2 Å². The molecule has 2 rings (SSSR count). The molecule has 0 fully saturated rings. The maximum absolute atomic E-state index is 12.6. The third-order valence-corrected chi connectivity index (χ3v) is 2.74. The molecule has 21 heavy (non-hydrogen) atoms. The number of hydrogen-bond acceptors (Lipinski definition) is 1. The number of carbonyl (C=O) groups excluding carboxylic acids is 1. The first-order valence-electron chi connectivity index (χ1n) is 5.95. The molecule has 0 aliphatic heterocycles. The zero-order valence-electron chi connectivity index (χ0n) is 10.7. The second kappa shape index (κ2) is 5.71. The summed E-state index contributed by atoms with van der Waals surface area (Å²) in [6, 6.07) is 10.7. The van der Waals surface area contributed by atoms with Crippen molar-refractivity contribution in [2.24, 2.45) is 0 Å². The summed E-state index contributed by atoms with van der Waals surface area (Å²) in [7, 11) is 0. The number of terminal acetylenes is 1. The third kappa shape index (κ3) is 3.63. The van der Waals surface area contributed by atoms with Gasteiger partial charge >= 0.3 is 6.18 Å². The lowest BCUT2D eigenvalue weighted by Gasteiger charge is -2.10. The van der Waals surface area contributed by atoms with E-state index in [2.05, 4.69) is 11.2 Å². The van der Waals surface area contributed by atoms with Crippen molar-refractivity contribution in [3.8, 4) is 12.3 Å². The Hall–Kier alpha value is -2.74. The minimum atomic E-state index is -4.45. The highest BCUT2D eigenvalue weighted by Crippen LogP contribution is 2.30. The van der Waals surface area contributed by atoms with E-state index < -0.39 is 17.6 Å². The van der Waals surface area contributed by atoms with Crippen LogP contribution in [0.2, 0.25) is 0 Å². The Labute approximate surface area is 119 Å². The minimum Gasteiger partial charge on any atom is -0.322 e. The maximum atomic E-state index is 12.6. The van der Waals surface area contributed by atoms with Crippen molar-refractivity contribution in [3.05, 3.63) is 65.2 Å². The van der Waals surface area contributed by atoms with Gasteiger partial charge in [0.15, 0.2) is 0 Å². The molecular formula is C16H10F3NO. The summed E-state index contributed by atoms with van der Waals surface area (Å²) in [5, 5.41) is 2.41. The summed E-state index contributed by atoms with van der Waals surface area (Å²) in [5.41, 5.74) is 0.0492. The Morgan fingerprint density at radius 2 is 1.81 bits per heavy atom. The van der Waals surface area contributed by atoms with Gasteiger partial charge in [0.1, 0.15) is 0 Å². The smallest absolute Gasteiger partial charge is 0.322 e. The van der Waals surface area contributed by atoms with Crippen LogP contribution >= 0.6 is 0 Å². The van der Waals surface area contributed by atoms with E-state index in [-0.39, 0.29) is 11.3 Å². The quantitative estimate of drug-likeness (QED) is 0.834. The van der Waals surface area contributed by atoms with E-state index in [9.17, 15) is 18.0 Å². The van der Waals surface area contributed by atoms with Crippen molar-refractivity contribution in [3.63, 3.8) is 0 Å². The lowest BCUT2D eigenvalue weighted by Crippen LogP contribution is -2.13. The fraction of sp³-hybridized carbons (Fsp3) is 0.0625. The van der Waals surface area contributed by atoms with Crippen LogP contribution in [-0.2, 0) is 6.18 Å². The monoisotopic (exact) mass is 289 g/mol. The van der Waals surface area contributed by atoms with Crippen molar-refractivity contribution in [2.45, 2.75) is 6.18 Å². The van der Waals surface area contributed by atoms with Gasteiger partial charge in [0, 0.05) is 16.8 Å². The molecule has 1 amide bonds. The van der Waals surface area contributed by atoms with E-state index in [1.54, 1.807) is 12.1 Å². The lowest BCUT2D eigenvalue weighted by atomic mass is 10.1. The van der Waals surface area contributed by atoms with E-state index in [0.29, 0.717) is 5.56 Å². The summed E-state index contributed by atoms with van der Waals surface area (Å²) in [6.07, 6.45) is 0.778. The normalized spacial score (nSPS) is 10.8. The first-order chi connectivity index (χ1) is 9.90. The topological polar surface area (TPSA) is 29.1 Å². The summed E-state index contributed by atoms with van der Waals surface area (Å²) in [4.78, 5) is 12.0. The van der Waals surface area contributed by atoms with E-state index in [1.165, 1.54) is 24.3 Å². The van der Waals surface area contributed by atoms with E-state index in [0.717, 1.165) is 12.1 Å². The summed E-state index contributed by atoms with van der Waals surface area (Å²) < 4.78 is 37.8. The standard InChI is InChI=1S/C16H10F3NO/c1-2-11-5-3-6-12(9-11)15(21)20-14-8-4-7-13(10-14)16(17,18)19/h1,3-10H,(H,20,21). The van der Waals surface area contributed by atoms with Gasteiger partial charge in [-0.15, -0.1) is 6.42 Å². The van der Waals surface area contributed by atoms with Gasteiger partial charge in [0.2, 0.25) is 0 Å². The molecule has 0 aliphatic rings. The largest absolute Gasteiger partial charge is 0.416 e. The van der Waals surface area contributed by atoms with Crippen molar-refractivity contribution in [1.82, 2.24) is 0 Å². The number of amides is 1. The number of halogens is 3. The Morgan fingerprint density at radius 3 is 2.48 bits per heavy atom. The highest BCUT2D eigenvalue weighted by molar-refractivity contribution is 6.04. The molecule has 5 heteroatoms. The number of alkyl halides is 3. The van der Waals surface area contributed by atoms with Crippen LogP contribution in [0.4, 0.5) is 18.9 Å². The molecule has 0 saturated heterocycles. The zero-order valence-corrected chi connectivity index (χ0v) is 10.7.